The predicted octanol–water partition coefficient (Wildman–Crippen LogP) is 1.54. The smallest absolute Gasteiger partial charge is 0.410 e. The summed E-state index contributed by atoms with van der Waals surface area (Å²) >= 11 is 0. The molecule has 2 N–H and O–H groups in total. The number of alkyl halides is 1. The summed E-state index contributed by atoms with van der Waals surface area (Å²) < 4.78 is 18.5. The third-order valence-corrected chi connectivity index (χ3v) is 2.91. The van der Waals surface area contributed by atoms with Crippen LogP contribution in [0, 0.1) is 5.41 Å². The fourth-order valence-corrected chi connectivity index (χ4v) is 1.71. The molecule has 1 rings (SSSR count). The number of likely N-dealkylation sites (tertiary alicyclic amines) is 1. The largest absolute Gasteiger partial charge is 0.444 e. The molecule has 4 nitrogen and oxygen atoms in total. The number of nitrogens with zero attached hydrogens (tertiary/aromatic N) is 1. The van der Waals surface area contributed by atoms with Crippen LogP contribution in [0.4, 0.5) is 9.18 Å². The third-order valence-electron chi connectivity index (χ3n) is 2.91. The number of nitrogens with two attached hydrogens (primary N) is 1. The lowest BCUT2D eigenvalue weighted by Crippen LogP contribution is -2.65. The van der Waals surface area contributed by atoms with Gasteiger partial charge in [-0.3, -0.25) is 0 Å². The van der Waals surface area contributed by atoms with Crippen LogP contribution in [0.25, 0.3) is 0 Å². The van der Waals surface area contributed by atoms with Crippen molar-refractivity contribution in [3.8, 4) is 0 Å². The molecule has 0 saturated carbocycles. The van der Waals surface area contributed by atoms with Gasteiger partial charge in [0.15, 0.2) is 0 Å². The average Bonchev–Trinajstić information content (AvgIpc) is 1.98. The van der Waals surface area contributed by atoms with E-state index in [0.717, 1.165) is 0 Å². The molecule has 16 heavy (non-hydrogen) atoms. The molecule has 1 unspecified atom stereocenters. The minimum Gasteiger partial charge on any atom is -0.444 e. The Kier molecular flexibility index (Phi) is 3.47. The summed E-state index contributed by atoms with van der Waals surface area (Å²) in [7, 11) is 0. The van der Waals surface area contributed by atoms with Gasteiger partial charge in [0.05, 0.1) is 0 Å². The first-order chi connectivity index (χ1) is 7.20. The van der Waals surface area contributed by atoms with Crippen molar-refractivity contribution in [2.75, 3.05) is 19.6 Å². The maximum atomic E-state index is 13.3. The first kappa shape index (κ1) is 13.2. The van der Waals surface area contributed by atoms with Crippen LogP contribution in [0.15, 0.2) is 0 Å². The van der Waals surface area contributed by atoms with Gasteiger partial charge in [-0.2, -0.15) is 0 Å². The number of carbonyl (C=O) groups is 1. The quantitative estimate of drug-likeness (QED) is 0.785. The van der Waals surface area contributed by atoms with Crippen molar-refractivity contribution in [2.45, 2.75) is 39.5 Å². The van der Waals surface area contributed by atoms with E-state index >= 15 is 0 Å². The lowest BCUT2D eigenvalue weighted by Gasteiger charge is -2.50. The van der Waals surface area contributed by atoms with Gasteiger partial charge in [0.2, 0.25) is 0 Å². The van der Waals surface area contributed by atoms with Gasteiger partial charge >= 0.3 is 6.09 Å². The zero-order valence-electron chi connectivity index (χ0n) is 10.4. The lowest BCUT2D eigenvalue weighted by atomic mass is 9.76. The van der Waals surface area contributed by atoms with E-state index in [4.69, 9.17) is 10.5 Å². The molecule has 94 valence electrons. The molecular weight excluding hydrogens is 211 g/mol. The van der Waals surface area contributed by atoms with Crippen LogP contribution in [0.1, 0.15) is 27.7 Å². The highest BCUT2D eigenvalue weighted by molar-refractivity contribution is 5.69. The van der Waals surface area contributed by atoms with Crippen LogP contribution in [0.3, 0.4) is 0 Å². The minimum absolute atomic E-state index is 0.254. The second-order valence-electron chi connectivity index (χ2n) is 5.52. The highest BCUT2D eigenvalue weighted by Crippen LogP contribution is 2.35. The topological polar surface area (TPSA) is 55.6 Å². The van der Waals surface area contributed by atoms with Crippen molar-refractivity contribution >= 4 is 6.09 Å². The van der Waals surface area contributed by atoms with Crippen LogP contribution in [-0.2, 0) is 4.74 Å². The number of rotatable bonds is 2. The molecule has 5 heteroatoms. The molecule has 0 aromatic heterocycles. The molecule has 0 aromatic rings. The van der Waals surface area contributed by atoms with Gasteiger partial charge < -0.3 is 15.4 Å². The van der Waals surface area contributed by atoms with Crippen LogP contribution < -0.4 is 5.73 Å². The second-order valence-corrected chi connectivity index (χ2v) is 5.52. The Hall–Kier alpha value is -0.840. The van der Waals surface area contributed by atoms with Gasteiger partial charge in [-0.15, -0.1) is 0 Å². The van der Waals surface area contributed by atoms with E-state index in [0.29, 0.717) is 13.1 Å². The summed E-state index contributed by atoms with van der Waals surface area (Å²) in [5.74, 6) is 0. The van der Waals surface area contributed by atoms with Crippen molar-refractivity contribution in [1.82, 2.24) is 4.90 Å². The SMILES string of the molecule is CC(F)C1(CN)CN(C(=O)OC(C)(C)C)C1. The van der Waals surface area contributed by atoms with Crippen molar-refractivity contribution < 1.29 is 13.9 Å². The van der Waals surface area contributed by atoms with Crippen molar-refractivity contribution in [1.29, 1.82) is 0 Å². The molecule has 0 aliphatic carbocycles. The molecule has 1 aliphatic rings. The maximum absolute atomic E-state index is 13.3. The minimum atomic E-state index is -1.00. The third kappa shape index (κ3) is 2.64. The summed E-state index contributed by atoms with van der Waals surface area (Å²) in [6.07, 6.45) is -1.39. The Balaban J connectivity index is 2.49. The van der Waals surface area contributed by atoms with Gasteiger partial charge in [0.1, 0.15) is 11.8 Å². The first-order valence-electron chi connectivity index (χ1n) is 5.52. The maximum Gasteiger partial charge on any atom is 0.410 e. The van der Waals surface area contributed by atoms with E-state index in [1.165, 1.54) is 11.8 Å². The molecule has 0 bridgehead atoms. The number of ether oxygens (including phenoxy) is 1. The number of halogens is 1. The first-order valence-corrected chi connectivity index (χ1v) is 5.52. The monoisotopic (exact) mass is 232 g/mol. The van der Waals surface area contributed by atoms with E-state index in [1.54, 1.807) is 20.8 Å². The molecular formula is C11H21FN2O2. The highest BCUT2D eigenvalue weighted by atomic mass is 19.1. The molecule has 1 aliphatic heterocycles. The van der Waals surface area contributed by atoms with Crippen molar-refractivity contribution in [3.05, 3.63) is 0 Å². The summed E-state index contributed by atoms with van der Waals surface area (Å²) in [6.45, 7) is 7.84. The highest BCUT2D eigenvalue weighted by Gasteiger charge is 2.49. The average molecular weight is 232 g/mol. The van der Waals surface area contributed by atoms with Gasteiger partial charge in [-0.05, 0) is 27.7 Å². The zero-order chi connectivity index (χ0) is 12.6. The Morgan fingerprint density at radius 1 is 1.56 bits per heavy atom. The Morgan fingerprint density at radius 3 is 2.38 bits per heavy atom. The summed E-state index contributed by atoms with van der Waals surface area (Å²) in [4.78, 5) is 13.1. The Bertz CT molecular complexity index is 268. The number of amides is 1. The molecule has 1 amide bonds. The van der Waals surface area contributed by atoms with Gasteiger partial charge in [0.25, 0.3) is 0 Å². The Labute approximate surface area is 95.9 Å². The molecule has 1 atom stereocenters. The fraction of sp³-hybridized carbons (Fsp3) is 0.909. The van der Waals surface area contributed by atoms with E-state index in [9.17, 15) is 9.18 Å². The zero-order valence-corrected chi connectivity index (χ0v) is 10.4. The molecule has 0 aromatic carbocycles. The molecule has 1 saturated heterocycles. The lowest BCUT2D eigenvalue weighted by molar-refractivity contribution is -0.0591. The van der Waals surface area contributed by atoms with E-state index in [1.807, 2.05) is 0 Å². The molecule has 1 fully saturated rings. The normalized spacial score (nSPS) is 21.2. The van der Waals surface area contributed by atoms with Crippen LogP contribution >= 0.6 is 0 Å². The number of hydrogen-bond donors (Lipinski definition) is 1. The molecule has 1 heterocycles. The van der Waals surface area contributed by atoms with E-state index in [2.05, 4.69) is 0 Å². The van der Waals surface area contributed by atoms with Gasteiger partial charge in [0, 0.05) is 25.0 Å². The van der Waals surface area contributed by atoms with Crippen molar-refractivity contribution in [3.63, 3.8) is 0 Å². The van der Waals surface area contributed by atoms with Gasteiger partial charge in [-0.25, -0.2) is 9.18 Å². The fourth-order valence-electron chi connectivity index (χ4n) is 1.71. The van der Waals surface area contributed by atoms with Crippen LogP contribution in [0.2, 0.25) is 0 Å². The molecule has 0 radical (unpaired) electrons. The summed E-state index contributed by atoms with van der Waals surface area (Å²) in [6, 6.07) is 0. The van der Waals surface area contributed by atoms with E-state index in [-0.39, 0.29) is 6.54 Å². The van der Waals surface area contributed by atoms with E-state index < -0.39 is 23.3 Å². The van der Waals surface area contributed by atoms with Crippen molar-refractivity contribution in [2.24, 2.45) is 11.1 Å². The summed E-state index contributed by atoms with van der Waals surface area (Å²) in [5, 5.41) is 0. The number of hydrogen-bond acceptors (Lipinski definition) is 3. The molecule has 0 spiro atoms. The Morgan fingerprint density at radius 2 is 2.06 bits per heavy atom. The van der Waals surface area contributed by atoms with Crippen LogP contribution in [-0.4, -0.2) is 42.4 Å². The number of carbonyl (C=O) groups excluding carboxylic acids is 1. The standard InChI is InChI=1S/C11H21FN2O2/c1-8(12)11(5-13)6-14(7-11)9(15)16-10(2,3)4/h8H,5-7,13H2,1-4H3. The second kappa shape index (κ2) is 4.20. The summed E-state index contributed by atoms with van der Waals surface area (Å²) in [5.41, 5.74) is 4.45. The van der Waals surface area contributed by atoms with Crippen LogP contribution in [0.5, 0.6) is 0 Å². The van der Waals surface area contributed by atoms with Gasteiger partial charge in [-0.1, -0.05) is 0 Å². The predicted molar refractivity (Wildman–Crippen MR) is 59.9 cm³/mol.